The minimum Gasteiger partial charge on any atom is -1.00 e. The highest BCUT2D eigenvalue weighted by molar-refractivity contribution is 5.94. The third-order valence-electron chi connectivity index (χ3n) is 3.79. The molecule has 0 fully saturated rings. The number of nitrogens with zero attached hydrogens (tertiary/aromatic N) is 1. The normalized spacial score (nSPS) is 15.8. The van der Waals surface area contributed by atoms with E-state index < -0.39 is 0 Å². The van der Waals surface area contributed by atoms with E-state index in [0.29, 0.717) is 0 Å². The summed E-state index contributed by atoms with van der Waals surface area (Å²) < 4.78 is 7.25. The van der Waals surface area contributed by atoms with Crippen LogP contribution in [0.25, 0.3) is 0 Å². The zero-order valence-corrected chi connectivity index (χ0v) is 12.4. The van der Waals surface area contributed by atoms with Gasteiger partial charge in [-0.2, -0.15) is 4.58 Å². The fourth-order valence-electron chi connectivity index (χ4n) is 2.45. The summed E-state index contributed by atoms with van der Waals surface area (Å²) in [5, 5.41) is 0. The van der Waals surface area contributed by atoms with E-state index in [4.69, 9.17) is 10.5 Å². The summed E-state index contributed by atoms with van der Waals surface area (Å²) in [7, 11) is 1.65. The molecule has 0 unspecified atom stereocenters. The molecule has 0 spiro atoms. The molecule has 1 aromatic carbocycles. The SMILES string of the molecule is COc1ccc2c(c1)C(C)(C)C(C)=[N+]2CC(N)=O.[Cl-]. The molecule has 0 atom stereocenters. The van der Waals surface area contributed by atoms with E-state index in [1.165, 1.54) is 5.56 Å². The molecule has 1 aliphatic rings. The van der Waals surface area contributed by atoms with Crippen molar-refractivity contribution < 1.29 is 26.5 Å². The summed E-state index contributed by atoms with van der Waals surface area (Å²) in [5.41, 5.74) is 8.54. The Bertz CT molecular complexity index is 550. The molecule has 0 aliphatic carbocycles. The van der Waals surface area contributed by atoms with E-state index in [0.717, 1.165) is 17.1 Å². The van der Waals surface area contributed by atoms with Gasteiger partial charge in [-0.1, -0.05) is 0 Å². The van der Waals surface area contributed by atoms with E-state index in [1.807, 2.05) is 29.7 Å². The first kappa shape index (κ1) is 15.5. The second-order valence-electron chi connectivity index (χ2n) is 5.15. The molecule has 19 heavy (non-hydrogen) atoms. The van der Waals surface area contributed by atoms with Crippen LogP contribution in [0.15, 0.2) is 18.2 Å². The molecule has 4 nitrogen and oxygen atoms in total. The fraction of sp³-hybridized carbons (Fsp3) is 0.429. The van der Waals surface area contributed by atoms with Crippen LogP contribution in [0.3, 0.4) is 0 Å². The molecule has 104 valence electrons. The number of nitrogens with two attached hydrogens (primary N) is 1. The minimum absolute atomic E-state index is 0. The minimum atomic E-state index is -0.325. The molecule has 0 saturated carbocycles. The first-order chi connectivity index (χ1) is 8.37. The van der Waals surface area contributed by atoms with E-state index in [-0.39, 0.29) is 30.3 Å². The van der Waals surface area contributed by atoms with E-state index in [2.05, 4.69) is 13.8 Å². The number of carbonyl (C=O) groups is 1. The largest absolute Gasteiger partial charge is 1.00 e. The summed E-state index contributed by atoms with van der Waals surface area (Å²) in [6, 6.07) is 5.91. The molecule has 0 saturated heterocycles. The monoisotopic (exact) mass is 282 g/mol. The fourth-order valence-corrected chi connectivity index (χ4v) is 2.45. The highest BCUT2D eigenvalue weighted by Gasteiger charge is 2.43. The lowest BCUT2D eigenvalue weighted by atomic mass is 9.82. The van der Waals surface area contributed by atoms with Crippen molar-refractivity contribution in [2.45, 2.75) is 26.2 Å². The third-order valence-corrected chi connectivity index (χ3v) is 3.79. The maximum absolute atomic E-state index is 11.2. The van der Waals surface area contributed by atoms with E-state index in [9.17, 15) is 4.79 Å². The first-order valence-electron chi connectivity index (χ1n) is 5.96. The van der Waals surface area contributed by atoms with Crippen LogP contribution in [0.2, 0.25) is 0 Å². The van der Waals surface area contributed by atoms with Crippen molar-refractivity contribution in [3.8, 4) is 5.75 Å². The van der Waals surface area contributed by atoms with Gasteiger partial charge in [0.1, 0.15) is 5.75 Å². The molecule has 0 aromatic heterocycles. The van der Waals surface area contributed by atoms with E-state index >= 15 is 0 Å². The average Bonchev–Trinajstić information content (AvgIpc) is 2.50. The molecule has 1 amide bonds. The quantitative estimate of drug-likeness (QED) is 0.692. The van der Waals surface area contributed by atoms with Gasteiger partial charge in [0.05, 0.1) is 12.5 Å². The molecule has 0 radical (unpaired) electrons. The zero-order valence-electron chi connectivity index (χ0n) is 11.7. The van der Waals surface area contributed by atoms with Crippen LogP contribution in [0.4, 0.5) is 5.69 Å². The summed E-state index contributed by atoms with van der Waals surface area (Å²) in [4.78, 5) is 11.2. The number of ether oxygens (including phenoxy) is 1. The summed E-state index contributed by atoms with van der Waals surface area (Å²) in [6.45, 7) is 6.53. The van der Waals surface area contributed by atoms with Crippen LogP contribution in [0.1, 0.15) is 26.3 Å². The van der Waals surface area contributed by atoms with Crippen molar-refractivity contribution in [2.24, 2.45) is 5.73 Å². The van der Waals surface area contributed by atoms with Gasteiger partial charge in [-0.25, -0.2) is 0 Å². The number of amides is 1. The van der Waals surface area contributed by atoms with Gasteiger partial charge in [0, 0.05) is 18.6 Å². The number of carbonyl (C=O) groups excluding carboxylic acids is 1. The van der Waals surface area contributed by atoms with Gasteiger partial charge in [-0.3, -0.25) is 4.79 Å². The Balaban J connectivity index is 0.00000180. The van der Waals surface area contributed by atoms with Crippen molar-refractivity contribution in [1.82, 2.24) is 0 Å². The summed E-state index contributed by atoms with van der Waals surface area (Å²) in [6.07, 6.45) is 0. The summed E-state index contributed by atoms with van der Waals surface area (Å²) >= 11 is 0. The predicted octanol–water partition coefficient (Wildman–Crippen LogP) is -1.42. The number of methoxy groups -OCH3 is 1. The third kappa shape index (κ3) is 2.45. The van der Waals surface area contributed by atoms with Gasteiger partial charge in [0.2, 0.25) is 12.2 Å². The number of fused-ring (bicyclic) bond motifs is 1. The number of halogens is 1. The zero-order chi connectivity index (χ0) is 13.5. The van der Waals surface area contributed by atoms with Crippen molar-refractivity contribution in [3.63, 3.8) is 0 Å². The molecule has 1 aromatic rings. The Hall–Kier alpha value is -1.55. The highest BCUT2D eigenvalue weighted by atomic mass is 35.5. The summed E-state index contributed by atoms with van der Waals surface area (Å²) in [5.74, 6) is 0.504. The van der Waals surface area contributed by atoms with Crippen molar-refractivity contribution in [2.75, 3.05) is 13.7 Å². The second-order valence-corrected chi connectivity index (χ2v) is 5.15. The maximum atomic E-state index is 11.2. The lowest BCUT2D eigenvalue weighted by Crippen LogP contribution is -3.00. The maximum Gasteiger partial charge on any atom is 0.283 e. The number of primary amides is 1. The molecule has 2 rings (SSSR count). The second kappa shape index (κ2) is 5.21. The molecule has 0 bridgehead atoms. The van der Waals surface area contributed by atoms with Crippen LogP contribution >= 0.6 is 0 Å². The topological polar surface area (TPSA) is 55.3 Å². The molecule has 1 aliphatic heterocycles. The van der Waals surface area contributed by atoms with Gasteiger partial charge in [-0.15, -0.1) is 0 Å². The Morgan fingerprint density at radius 3 is 2.58 bits per heavy atom. The highest BCUT2D eigenvalue weighted by Crippen LogP contribution is 2.41. The Morgan fingerprint density at radius 1 is 1.42 bits per heavy atom. The van der Waals surface area contributed by atoms with Gasteiger partial charge in [-0.05, 0) is 26.0 Å². The molecular formula is C14H19ClN2O2. The number of hydrogen-bond donors (Lipinski definition) is 1. The van der Waals surface area contributed by atoms with Crippen molar-refractivity contribution >= 4 is 17.3 Å². The molecule has 2 N–H and O–H groups in total. The Morgan fingerprint density at radius 2 is 2.05 bits per heavy atom. The van der Waals surface area contributed by atoms with Gasteiger partial charge >= 0.3 is 0 Å². The lowest BCUT2D eigenvalue weighted by Gasteiger charge is -2.15. The van der Waals surface area contributed by atoms with Gasteiger partial charge in [0.15, 0.2) is 5.71 Å². The van der Waals surface area contributed by atoms with Crippen LogP contribution in [0.5, 0.6) is 5.75 Å². The van der Waals surface area contributed by atoms with E-state index in [1.54, 1.807) is 7.11 Å². The standard InChI is InChI=1S/C14H18N2O2.ClH/c1-9-14(2,3)11-7-10(18-4)5-6-12(11)16(9)8-13(15)17;/h5-7H,8H2,1-4H3,(H-,15,17);1H. The van der Waals surface area contributed by atoms with Gasteiger partial charge < -0.3 is 22.9 Å². The van der Waals surface area contributed by atoms with Gasteiger partial charge in [0.25, 0.3) is 5.91 Å². The van der Waals surface area contributed by atoms with Crippen molar-refractivity contribution in [3.05, 3.63) is 23.8 Å². The van der Waals surface area contributed by atoms with Crippen molar-refractivity contribution in [1.29, 1.82) is 0 Å². The molecule has 1 heterocycles. The Kier molecular flexibility index (Phi) is 4.25. The van der Waals surface area contributed by atoms with Crippen LogP contribution in [-0.2, 0) is 10.2 Å². The Labute approximate surface area is 119 Å². The predicted molar refractivity (Wildman–Crippen MR) is 70.7 cm³/mol. The smallest absolute Gasteiger partial charge is 0.283 e. The molecular weight excluding hydrogens is 264 g/mol. The molecule has 5 heteroatoms. The van der Waals surface area contributed by atoms with Crippen LogP contribution in [0, 0.1) is 0 Å². The average molecular weight is 283 g/mol. The lowest BCUT2D eigenvalue weighted by molar-refractivity contribution is -0.426. The number of rotatable bonds is 3. The first-order valence-corrected chi connectivity index (χ1v) is 5.96. The number of benzene rings is 1. The number of hydrogen-bond acceptors (Lipinski definition) is 2. The van der Waals surface area contributed by atoms with Crippen LogP contribution < -0.4 is 22.9 Å². The van der Waals surface area contributed by atoms with Crippen LogP contribution in [-0.4, -0.2) is 29.8 Å².